The van der Waals surface area contributed by atoms with E-state index in [9.17, 15) is 9.90 Å². The third-order valence-corrected chi connectivity index (χ3v) is 3.77. The Bertz CT molecular complexity index is 775. The number of phenolic OH excluding ortho intramolecular Hbond substituents is 1. The summed E-state index contributed by atoms with van der Waals surface area (Å²) in [5.41, 5.74) is 3.23. The highest BCUT2D eigenvalue weighted by molar-refractivity contribution is 6.15. The van der Waals surface area contributed by atoms with E-state index in [1.807, 2.05) is 12.1 Å². The molecule has 0 aromatic heterocycles. The largest absolute Gasteiger partial charge is 0.504 e. The number of allylic oxidation sites excluding steroid dienone is 1. The molecule has 4 nitrogen and oxygen atoms in total. The summed E-state index contributed by atoms with van der Waals surface area (Å²) in [7, 11) is 3.10. The standard InChI is InChI=1S/C18H16O4/c1-21-14-4-5-15-12(10-14)9-13(18(15)20)7-11-3-6-16(19)17(8-11)22-2/h3-8,10,19H,9H2,1-2H3/b13-7-. The zero-order valence-electron chi connectivity index (χ0n) is 12.4. The molecule has 1 aliphatic carbocycles. The van der Waals surface area contributed by atoms with Crippen LogP contribution in [0.5, 0.6) is 17.2 Å². The van der Waals surface area contributed by atoms with Gasteiger partial charge < -0.3 is 14.6 Å². The molecule has 22 heavy (non-hydrogen) atoms. The van der Waals surface area contributed by atoms with Gasteiger partial charge in [-0.1, -0.05) is 6.07 Å². The Labute approximate surface area is 128 Å². The predicted molar refractivity (Wildman–Crippen MR) is 83.7 cm³/mol. The predicted octanol–water partition coefficient (Wildman–Crippen LogP) is 3.23. The van der Waals surface area contributed by atoms with Gasteiger partial charge in [-0.05, 0) is 47.5 Å². The Morgan fingerprint density at radius 1 is 1.09 bits per heavy atom. The van der Waals surface area contributed by atoms with Gasteiger partial charge in [0, 0.05) is 17.6 Å². The summed E-state index contributed by atoms with van der Waals surface area (Å²) < 4.78 is 10.3. The number of carbonyl (C=O) groups is 1. The SMILES string of the molecule is COc1ccc2c(c1)C/C(=C/c1ccc(O)c(OC)c1)C2=O. The van der Waals surface area contributed by atoms with Crippen LogP contribution in [0.4, 0.5) is 0 Å². The molecule has 0 aliphatic heterocycles. The molecule has 0 amide bonds. The quantitative estimate of drug-likeness (QED) is 0.884. The van der Waals surface area contributed by atoms with Gasteiger partial charge in [0.15, 0.2) is 17.3 Å². The van der Waals surface area contributed by atoms with Crippen LogP contribution in [0.2, 0.25) is 0 Å². The van der Waals surface area contributed by atoms with Crippen LogP contribution in [0.25, 0.3) is 6.08 Å². The Morgan fingerprint density at radius 3 is 2.64 bits per heavy atom. The molecule has 1 aliphatic rings. The molecule has 4 heteroatoms. The number of phenols is 1. The molecule has 1 N–H and O–H groups in total. The first kappa shape index (κ1) is 14.2. The number of rotatable bonds is 3. The second-order valence-corrected chi connectivity index (χ2v) is 5.13. The summed E-state index contributed by atoms with van der Waals surface area (Å²) >= 11 is 0. The van der Waals surface area contributed by atoms with Crippen LogP contribution >= 0.6 is 0 Å². The van der Waals surface area contributed by atoms with Gasteiger partial charge in [0.2, 0.25) is 0 Å². The van der Waals surface area contributed by atoms with Crippen molar-refractivity contribution in [2.75, 3.05) is 14.2 Å². The van der Waals surface area contributed by atoms with Crippen molar-refractivity contribution in [1.82, 2.24) is 0 Å². The third kappa shape index (κ3) is 2.44. The molecular weight excluding hydrogens is 280 g/mol. The summed E-state index contributed by atoms with van der Waals surface area (Å²) in [5.74, 6) is 1.25. The summed E-state index contributed by atoms with van der Waals surface area (Å²) in [6, 6.07) is 10.5. The first-order valence-electron chi connectivity index (χ1n) is 6.91. The summed E-state index contributed by atoms with van der Waals surface area (Å²) in [6.07, 6.45) is 2.41. The van der Waals surface area contributed by atoms with E-state index in [-0.39, 0.29) is 11.5 Å². The van der Waals surface area contributed by atoms with E-state index in [0.29, 0.717) is 12.2 Å². The van der Waals surface area contributed by atoms with Gasteiger partial charge in [-0.25, -0.2) is 0 Å². The van der Waals surface area contributed by atoms with Crippen LogP contribution in [0.3, 0.4) is 0 Å². The van der Waals surface area contributed by atoms with E-state index >= 15 is 0 Å². The molecule has 0 saturated heterocycles. The van der Waals surface area contributed by atoms with Crippen molar-refractivity contribution in [2.24, 2.45) is 0 Å². The third-order valence-electron chi connectivity index (χ3n) is 3.77. The Hall–Kier alpha value is -2.75. The lowest BCUT2D eigenvalue weighted by Gasteiger charge is -2.04. The van der Waals surface area contributed by atoms with Crippen molar-refractivity contribution in [3.63, 3.8) is 0 Å². The lowest BCUT2D eigenvalue weighted by molar-refractivity contribution is 0.104. The number of benzene rings is 2. The fraction of sp³-hybridized carbons (Fsp3) is 0.167. The molecule has 0 radical (unpaired) electrons. The van der Waals surface area contributed by atoms with Crippen LogP contribution in [-0.2, 0) is 6.42 Å². The molecule has 112 valence electrons. The second kappa shape index (κ2) is 5.56. The van der Waals surface area contributed by atoms with E-state index in [2.05, 4.69) is 0 Å². The van der Waals surface area contributed by atoms with Crippen molar-refractivity contribution in [3.8, 4) is 17.2 Å². The van der Waals surface area contributed by atoms with Crippen LogP contribution in [0, 0.1) is 0 Å². The number of fused-ring (bicyclic) bond motifs is 1. The second-order valence-electron chi connectivity index (χ2n) is 5.13. The minimum atomic E-state index is 0.0321. The zero-order valence-corrected chi connectivity index (χ0v) is 12.4. The van der Waals surface area contributed by atoms with Gasteiger partial charge >= 0.3 is 0 Å². The van der Waals surface area contributed by atoms with Crippen molar-refractivity contribution in [1.29, 1.82) is 0 Å². The van der Waals surface area contributed by atoms with E-state index in [4.69, 9.17) is 9.47 Å². The van der Waals surface area contributed by atoms with Gasteiger partial charge in [-0.3, -0.25) is 4.79 Å². The fourth-order valence-electron chi connectivity index (χ4n) is 2.63. The minimum absolute atomic E-state index is 0.0321. The maximum atomic E-state index is 12.4. The summed E-state index contributed by atoms with van der Waals surface area (Å²) in [5, 5.41) is 9.62. The lowest BCUT2D eigenvalue weighted by atomic mass is 10.1. The maximum Gasteiger partial charge on any atom is 0.189 e. The van der Waals surface area contributed by atoms with Gasteiger partial charge in [-0.2, -0.15) is 0 Å². The molecule has 0 bridgehead atoms. The Kier molecular flexibility index (Phi) is 3.59. The highest BCUT2D eigenvalue weighted by Crippen LogP contribution is 2.32. The number of hydrogen-bond acceptors (Lipinski definition) is 4. The van der Waals surface area contributed by atoms with E-state index in [0.717, 1.165) is 28.0 Å². The normalized spacial score (nSPS) is 15.0. The number of aromatic hydroxyl groups is 1. The topological polar surface area (TPSA) is 55.8 Å². The van der Waals surface area contributed by atoms with E-state index in [1.54, 1.807) is 37.4 Å². The van der Waals surface area contributed by atoms with Crippen molar-refractivity contribution >= 4 is 11.9 Å². The Morgan fingerprint density at radius 2 is 1.91 bits per heavy atom. The van der Waals surface area contributed by atoms with E-state index in [1.165, 1.54) is 7.11 Å². The molecule has 0 saturated carbocycles. The molecule has 0 spiro atoms. The molecule has 0 fully saturated rings. The number of carbonyl (C=O) groups excluding carboxylic acids is 1. The number of ketones is 1. The molecule has 2 aromatic rings. The minimum Gasteiger partial charge on any atom is -0.504 e. The first-order valence-corrected chi connectivity index (χ1v) is 6.91. The van der Waals surface area contributed by atoms with Crippen LogP contribution in [0.15, 0.2) is 42.0 Å². The highest BCUT2D eigenvalue weighted by Gasteiger charge is 2.25. The molecule has 0 heterocycles. The van der Waals surface area contributed by atoms with Crippen molar-refractivity contribution in [3.05, 3.63) is 58.7 Å². The van der Waals surface area contributed by atoms with Crippen LogP contribution in [0.1, 0.15) is 21.5 Å². The molecule has 0 unspecified atom stereocenters. The monoisotopic (exact) mass is 296 g/mol. The fourth-order valence-corrected chi connectivity index (χ4v) is 2.63. The number of hydrogen-bond donors (Lipinski definition) is 1. The maximum absolute atomic E-state index is 12.4. The molecular formula is C18H16O4. The summed E-state index contributed by atoms with van der Waals surface area (Å²) in [4.78, 5) is 12.4. The molecule has 0 atom stereocenters. The number of ether oxygens (including phenoxy) is 2. The van der Waals surface area contributed by atoms with Gasteiger partial charge in [0.25, 0.3) is 0 Å². The van der Waals surface area contributed by atoms with Crippen LogP contribution in [-0.4, -0.2) is 25.1 Å². The zero-order chi connectivity index (χ0) is 15.7. The van der Waals surface area contributed by atoms with Gasteiger partial charge in [0.05, 0.1) is 14.2 Å². The first-order chi connectivity index (χ1) is 10.6. The average Bonchev–Trinajstić information content (AvgIpc) is 2.84. The number of methoxy groups -OCH3 is 2. The highest BCUT2D eigenvalue weighted by atomic mass is 16.5. The van der Waals surface area contributed by atoms with Crippen molar-refractivity contribution < 1.29 is 19.4 Å². The van der Waals surface area contributed by atoms with Crippen molar-refractivity contribution in [2.45, 2.75) is 6.42 Å². The van der Waals surface area contributed by atoms with Gasteiger partial charge in [-0.15, -0.1) is 0 Å². The lowest BCUT2D eigenvalue weighted by Crippen LogP contribution is -1.95. The van der Waals surface area contributed by atoms with Gasteiger partial charge in [0.1, 0.15) is 5.75 Å². The summed E-state index contributed by atoms with van der Waals surface area (Å²) in [6.45, 7) is 0. The van der Waals surface area contributed by atoms with E-state index < -0.39 is 0 Å². The van der Waals surface area contributed by atoms with Crippen LogP contribution < -0.4 is 9.47 Å². The average molecular weight is 296 g/mol. The molecule has 3 rings (SSSR count). The smallest absolute Gasteiger partial charge is 0.189 e. The Balaban J connectivity index is 1.95. The number of Topliss-reactive ketones (excluding diaryl/α,β-unsaturated/α-hetero) is 1. The molecule has 2 aromatic carbocycles.